The molecule has 4 aliphatic heterocycles. The predicted octanol–water partition coefficient (Wildman–Crippen LogP) is 4.97. The van der Waals surface area contributed by atoms with E-state index in [9.17, 15) is 19.2 Å². The molecule has 0 radical (unpaired) electrons. The molecule has 4 fully saturated rings. The number of aryl methyl sites for hydroxylation is 1. The number of anilines is 2. The van der Waals surface area contributed by atoms with E-state index in [1.54, 1.807) is 26.2 Å². The average molecular weight is 716 g/mol. The summed E-state index contributed by atoms with van der Waals surface area (Å²) in [7, 11) is 3.77. The molecule has 3 amide bonds. The Morgan fingerprint density at radius 2 is 1.63 bits per heavy atom. The number of aromatic nitrogens is 2. The largest absolute Gasteiger partial charge is 0.379 e. The Labute approximate surface area is 307 Å². The highest BCUT2D eigenvalue weighted by Gasteiger charge is 2.39. The van der Waals surface area contributed by atoms with E-state index >= 15 is 4.39 Å². The molecular formula is C40H54FN7O4. The summed E-state index contributed by atoms with van der Waals surface area (Å²) in [4.78, 5) is 56.5. The van der Waals surface area contributed by atoms with Crippen LogP contribution in [0.2, 0.25) is 0 Å². The Balaban J connectivity index is 0.00000280. The molecule has 52 heavy (non-hydrogen) atoms. The zero-order chi connectivity index (χ0) is 36.7. The third-order valence-electron chi connectivity index (χ3n) is 12.3. The number of likely N-dealkylation sites (N-methyl/N-ethyl adjacent to an activating group) is 1. The molecule has 3 atom stereocenters. The van der Waals surface area contributed by atoms with Crippen LogP contribution in [0, 0.1) is 25.1 Å². The third kappa shape index (κ3) is 7.09. The van der Waals surface area contributed by atoms with Crippen molar-refractivity contribution in [3.05, 3.63) is 86.6 Å². The Morgan fingerprint density at radius 3 is 2.33 bits per heavy atom. The highest BCUT2D eigenvalue weighted by molar-refractivity contribution is 6.01. The molecule has 3 aromatic rings. The molecule has 0 aliphatic carbocycles. The van der Waals surface area contributed by atoms with E-state index in [1.165, 1.54) is 10.2 Å². The Hall–Kier alpha value is -4.58. The van der Waals surface area contributed by atoms with Crippen molar-refractivity contribution in [1.29, 1.82) is 0 Å². The van der Waals surface area contributed by atoms with Crippen LogP contribution in [-0.2, 0) is 16.6 Å². The lowest BCUT2D eigenvalue weighted by molar-refractivity contribution is -0.134. The highest BCUT2D eigenvalue weighted by Crippen LogP contribution is 2.43. The molecule has 1 aromatic heterocycles. The molecular weight excluding hydrogens is 661 g/mol. The smallest absolute Gasteiger partial charge is 0.271 e. The monoisotopic (exact) mass is 715 g/mol. The van der Waals surface area contributed by atoms with Gasteiger partial charge in [0.25, 0.3) is 11.5 Å². The number of imide groups is 1. The maximum absolute atomic E-state index is 15.6. The summed E-state index contributed by atoms with van der Waals surface area (Å²) >= 11 is 0. The minimum absolute atomic E-state index is 0. The maximum Gasteiger partial charge on any atom is 0.271 e. The Bertz CT molecular complexity index is 1920. The zero-order valence-electron chi connectivity index (χ0n) is 30.7. The van der Waals surface area contributed by atoms with Gasteiger partial charge in [-0.2, -0.15) is 5.10 Å². The van der Waals surface area contributed by atoms with Crippen molar-refractivity contribution in [3.8, 4) is 0 Å². The van der Waals surface area contributed by atoms with Crippen molar-refractivity contribution in [2.45, 2.75) is 76.7 Å². The van der Waals surface area contributed by atoms with Gasteiger partial charge in [-0.05, 0) is 94.5 Å². The minimum Gasteiger partial charge on any atom is -0.379 e. The number of halogens is 1. The van der Waals surface area contributed by atoms with Crippen LogP contribution in [0.25, 0.3) is 0 Å². The van der Waals surface area contributed by atoms with Crippen LogP contribution in [0.15, 0.2) is 47.4 Å². The Kier molecular flexibility index (Phi) is 9.95. The summed E-state index contributed by atoms with van der Waals surface area (Å²) in [6.07, 6.45) is 7.08. The molecule has 1 spiro atoms. The molecule has 11 nitrogen and oxygen atoms in total. The standard InChI is InChI=1S/C40H50FN7O4.2H2/c1-25-33(22-42-46(4)38(25)51)43-30-21-29(23-45(3)24-30)27-5-7-28(8-6-27)39(52)48-19-15-40(16-20-48)13-17-47(18-14-40)34-11-9-31(36(41)26(34)2)32-10-12-35(49)44-37(32)50;;/h5-9,11,22,29-30,32,43H,10,12-21,23-24H2,1-4H3,(H,44,49,50);2*1H/t29-,30+,32?;;/m0../s1. The lowest BCUT2D eigenvalue weighted by Crippen LogP contribution is -2.48. The van der Waals surface area contributed by atoms with Crippen LogP contribution >= 0.6 is 0 Å². The summed E-state index contributed by atoms with van der Waals surface area (Å²) < 4.78 is 16.9. The number of carbonyl (C=O) groups excluding carboxylic acids is 3. The van der Waals surface area contributed by atoms with Crippen LogP contribution in [0.3, 0.4) is 0 Å². The highest BCUT2D eigenvalue weighted by atomic mass is 19.1. The number of nitrogens with one attached hydrogen (secondary N) is 2. The van der Waals surface area contributed by atoms with E-state index in [0.29, 0.717) is 34.6 Å². The van der Waals surface area contributed by atoms with Crippen molar-refractivity contribution in [3.63, 3.8) is 0 Å². The number of nitrogens with zero attached hydrogens (tertiary/aromatic N) is 5. The van der Waals surface area contributed by atoms with E-state index in [-0.39, 0.29) is 43.9 Å². The fourth-order valence-electron chi connectivity index (χ4n) is 8.97. The fourth-order valence-corrected chi connectivity index (χ4v) is 8.97. The van der Waals surface area contributed by atoms with E-state index in [1.807, 2.05) is 30.0 Å². The van der Waals surface area contributed by atoms with Crippen LogP contribution in [0.5, 0.6) is 0 Å². The number of hydrogen-bond acceptors (Lipinski definition) is 8. The minimum atomic E-state index is -0.641. The fraction of sp³-hybridized carbons (Fsp3) is 0.525. The maximum atomic E-state index is 15.6. The molecule has 0 bridgehead atoms. The normalized spacial score (nSPS) is 23.8. The van der Waals surface area contributed by atoms with Crippen LogP contribution in [0.1, 0.15) is 92.2 Å². The number of benzene rings is 2. The average Bonchev–Trinajstić information content (AvgIpc) is 3.14. The molecule has 4 aliphatic rings. The molecule has 1 unspecified atom stereocenters. The van der Waals surface area contributed by atoms with Gasteiger partial charge in [-0.25, -0.2) is 9.07 Å². The van der Waals surface area contributed by atoms with Gasteiger partial charge in [0.05, 0.1) is 17.8 Å². The van der Waals surface area contributed by atoms with Gasteiger partial charge in [0.15, 0.2) is 0 Å². The van der Waals surface area contributed by atoms with Crippen molar-refractivity contribution in [1.82, 2.24) is 24.9 Å². The second-order valence-corrected chi connectivity index (χ2v) is 15.6. The van der Waals surface area contributed by atoms with Crippen LogP contribution in [0.4, 0.5) is 15.8 Å². The third-order valence-corrected chi connectivity index (χ3v) is 12.3. The lowest BCUT2D eigenvalue weighted by Gasteiger charge is -2.47. The van der Waals surface area contributed by atoms with Gasteiger partial charge >= 0.3 is 0 Å². The number of likely N-dealkylation sites (tertiary alicyclic amines) is 2. The van der Waals surface area contributed by atoms with Gasteiger partial charge in [-0.3, -0.25) is 24.5 Å². The summed E-state index contributed by atoms with van der Waals surface area (Å²) in [5, 5.41) is 10.1. The van der Waals surface area contributed by atoms with Crippen molar-refractivity contribution >= 4 is 29.1 Å². The quantitative estimate of drug-likeness (QED) is 0.344. The van der Waals surface area contributed by atoms with E-state index < -0.39 is 11.8 Å². The van der Waals surface area contributed by atoms with E-state index in [4.69, 9.17) is 0 Å². The molecule has 2 N–H and O–H groups in total. The predicted molar refractivity (Wildman–Crippen MR) is 202 cm³/mol. The summed E-state index contributed by atoms with van der Waals surface area (Å²) in [6, 6.07) is 12.0. The SMILES string of the molecule is Cc1c(N2CCC3(CCN(C(=O)c4ccc([C@H]5C[C@@H](Nc6cnn(C)c(=O)c6C)CN(C)C5)cc4)CC3)CC2)ccc(C2CCC(=O)NC2=O)c1F.[HH].[HH]. The first-order valence-corrected chi connectivity index (χ1v) is 18.7. The number of amides is 3. The first-order chi connectivity index (χ1) is 24.9. The van der Waals surface area contributed by atoms with Crippen molar-refractivity contribution < 1.29 is 21.6 Å². The number of hydrogen-bond donors (Lipinski definition) is 2. The van der Waals surface area contributed by atoms with Gasteiger partial charge in [-0.1, -0.05) is 18.2 Å². The first kappa shape index (κ1) is 35.8. The summed E-state index contributed by atoms with van der Waals surface area (Å²) in [5.41, 5.74) is 5.22. The Morgan fingerprint density at radius 1 is 0.942 bits per heavy atom. The molecule has 4 saturated heterocycles. The van der Waals surface area contributed by atoms with Crippen molar-refractivity contribution in [2.75, 3.05) is 56.5 Å². The first-order valence-electron chi connectivity index (χ1n) is 18.7. The van der Waals surface area contributed by atoms with Gasteiger partial charge in [0.1, 0.15) is 5.82 Å². The summed E-state index contributed by atoms with van der Waals surface area (Å²) in [6.45, 7) is 8.50. The molecule has 7 rings (SSSR count). The molecule has 2 aromatic carbocycles. The lowest BCUT2D eigenvalue weighted by atomic mass is 9.71. The summed E-state index contributed by atoms with van der Waals surface area (Å²) in [5.74, 6) is -1.35. The van der Waals surface area contributed by atoms with E-state index in [0.717, 1.165) is 82.7 Å². The number of piperidine rings is 4. The van der Waals surface area contributed by atoms with E-state index in [2.05, 4.69) is 44.7 Å². The van der Waals surface area contributed by atoms with Crippen LogP contribution < -0.4 is 21.1 Å². The molecule has 5 heterocycles. The van der Waals surface area contributed by atoms with Gasteiger partial charge in [0, 0.05) is 89.6 Å². The number of carbonyl (C=O) groups is 3. The van der Waals surface area contributed by atoms with Gasteiger partial charge in [-0.15, -0.1) is 0 Å². The van der Waals surface area contributed by atoms with Crippen LogP contribution in [-0.4, -0.2) is 89.7 Å². The molecule has 12 heteroatoms. The zero-order valence-corrected chi connectivity index (χ0v) is 30.7. The second kappa shape index (κ2) is 14.4. The van der Waals surface area contributed by atoms with Gasteiger partial charge in [0.2, 0.25) is 11.8 Å². The van der Waals surface area contributed by atoms with Gasteiger partial charge < -0.3 is 20.0 Å². The molecule has 0 saturated carbocycles. The molecule has 280 valence electrons. The number of rotatable bonds is 6. The second-order valence-electron chi connectivity index (χ2n) is 15.6. The topological polar surface area (TPSA) is 120 Å². The van der Waals surface area contributed by atoms with Crippen molar-refractivity contribution in [2.24, 2.45) is 12.5 Å².